The number of esters is 1. The number of methoxy groups -OCH3 is 1. The van der Waals surface area contributed by atoms with Crippen molar-refractivity contribution >= 4 is 50.7 Å². The first-order valence-corrected chi connectivity index (χ1v) is 13.5. The second-order valence-electron chi connectivity index (χ2n) is 9.28. The fourth-order valence-corrected chi connectivity index (χ4v) is 6.39. The molecule has 0 radical (unpaired) electrons. The maximum atomic E-state index is 15.9. The maximum Gasteiger partial charge on any atom is 0.337 e. The minimum absolute atomic E-state index is 0.205. The Hall–Kier alpha value is -3.97. The van der Waals surface area contributed by atoms with Crippen molar-refractivity contribution in [2.24, 2.45) is 0 Å². The lowest BCUT2D eigenvalue weighted by atomic mass is 10.0. The van der Waals surface area contributed by atoms with E-state index in [1.54, 1.807) is 73.3 Å². The molecule has 2 heterocycles. The third-order valence-electron chi connectivity index (χ3n) is 6.52. The van der Waals surface area contributed by atoms with Gasteiger partial charge in [-0.1, -0.05) is 29.8 Å². The van der Waals surface area contributed by atoms with Gasteiger partial charge in [-0.05, 0) is 78.9 Å². The van der Waals surface area contributed by atoms with Crippen LogP contribution in [-0.4, -0.2) is 36.2 Å². The Morgan fingerprint density at radius 1 is 1.13 bits per heavy atom. The predicted molar refractivity (Wildman–Crippen MR) is 151 cm³/mol. The summed E-state index contributed by atoms with van der Waals surface area (Å²) in [5.74, 6) is -1.28. The van der Waals surface area contributed by atoms with Gasteiger partial charge in [0.2, 0.25) is 0 Å². The molecule has 1 amide bonds. The zero-order valence-electron chi connectivity index (χ0n) is 21.3. The number of halogens is 2. The van der Waals surface area contributed by atoms with Crippen LogP contribution in [0, 0.1) is 17.1 Å². The summed E-state index contributed by atoms with van der Waals surface area (Å²) in [6, 6.07) is 18.2. The number of hydrogen-bond acceptors (Lipinski definition) is 5. The van der Waals surface area contributed by atoms with Crippen LogP contribution in [0.25, 0.3) is 11.1 Å². The first kappa shape index (κ1) is 26.6. The second kappa shape index (κ2) is 10.3. The molecule has 2 aliphatic heterocycles. The van der Waals surface area contributed by atoms with Crippen LogP contribution in [0.4, 0.5) is 15.8 Å². The molecule has 10 heteroatoms. The summed E-state index contributed by atoms with van der Waals surface area (Å²) in [5.41, 5.74) is 1.48. The summed E-state index contributed by atoms with van der Waals surface area (Å²) in [4.78, 5) is 28.8. The fourth-order valence-electron chi connectivity index (χ4n) is 4.52. The van der Waals surface area contributed by atoms with Gasteiger partial charge in [-0.15, -0.1) is 0 Å². The van der Waals surface area contributed by atoms with Crippen molar-refractivity contribution in [2.75, 3.05) is 23.5 Å². The Bertz CT molecular complexity index is 1610. The Labute approximate surface area is 232 Å². The first-order valence-electron chi connectivity index (χ1n) is 11.9. The Morgan fingerprint density at radius 2 is 1.85 bits per heavy atom. The Balaban J connectivity index is 1.61. The van der Waals surface area contributed by atoms with Gasteiger partial charge >= 0.3 is 5.97 Å². The molecule has 0 aromatic heterocycles. The number of nitrogens with zero attached hydrogens (tertiary/aromatic N) is 3. The summed E-state index contributed by atoms with van der Waals surface area (Å²) in [7, 11) is 0.356. The van der Waals surface area contributed by atoms with Crippen molar-refractivity contribution in [3.05, 3.63) is 94.1 Å². The van der Waals surface area contributed by atoms with E-state index in [4.69, 9.17) is 20.5 Å². The number of carbonyl (C=O) groups excluding carboxylic acids is 2. The number of hydrogen-bond donors (Lipinski definition) is 0. The van der Waals surface area contributed by atoms with Crippen LogP contribution in [0.3, 0.4) is 0 Å². The second-order valence-corrected chi connectivity index (χ2v) is 11.2. The van der Waals surface area contributed by atoms with Gasteiger partial charge in [0, 0.05) is 10.8 Å². The smallest absolute Gasteiger partial charge is 0.337 e. The number of nitriles is 1. The van der Waals surface area contributed by atoms with Gasteiger partial charge in [0.1, 0.15) is 17.4 Å². The Morgan fingerprint density at radius 3 is 2.44 bits per heavy atom. The molecular formula is C29H23ClFN3O4S. The number of amides is 1. The SMILES string of the molecule is COC(=O)c1ccc(-c2ccc(N3C(=S4C=CCO4)N(c4ccc(C#N)c(Cl)c4)C(=O)C3(C)C)c(F)c2)cc1. The van der Waals surface area contributed by atoms with E-state index in [0.717, 1.165) is 0 Å². The van der Waals surface area contributed by atoms with Gasteiger partial charge in [-0.3, -0.25) is 9.69 Å². The lowest BCUT2D eigenvalue weighted by Crippen LogP contribution is -2.45. The van der Waals surface area contributed by atoms with Gasteiger partial charge < -0.3 is 13.8 Å². The van der Waals surface area contributed by atoms with Crippen molar-refractivity contribution in [3.8, 4) is 17.2 Å². The van der Waals surface area contributed by atoms with E-state index >= 15 is 4.39 Å². The molecule has 0 saturated carbocycles. The van der Waals surface area contributed by atoms with Crippen molar-refractivity contribution in [2.45, 2.75) is 19.4 Å². The van der Waals surface area contributed by atoms with Crippen LogP contribution in [-0.2, 0) is 13.7 Å². The molecule has 1 saturated heterocycles. The molecule has 7 nitrogen and oxygen atoms in total. The standard InChI is InChI=1S/C29H23ClFN3O4S/c1-29(2)27(36)33(22-11-9-21(17-32)23(30)16-22)28(39-14-4-13-38-39)34(29)25-12-10-20(15-24(25)31)18-5-7-19(8-6-18)26(35)37-3/h4-12,14-16H,13H2,1-3H3. The monoisotopic (exact) mass is 563 g/mol. The summed E-state index contributed by atoms with van der Waals surface area (Å²) >= 11 is 6.31. The first-order chi connectivity index (χ1) is 18.7. The van der Waals surface area contributed by atoms with Gasteiger partial charge in [0.05, 0.1) is 41.2 Å². The third kappa shape index (κ3) is 4.61. The van der Waals surface area contributed by atoms with E-state index in [-0.39, 0.29) is 22.2 Å². The molecule has 2 aliphatic rings. The normalized spacial score (nSPS) is 18.9. The summed E-state index contributed by atoms with van der Waals surface area (Å²) in [5, 5.41) is 11.8. The van der Waals surface area contributed by atoms with Gasteiger partial charge in [-0.2, -0.15) is 5.26 Å². The third-order valence-corrected chi connectivity index (χ3v) is 8.39. The van der Waals surface area contributed by atoms with E-state index in [0.29, 0.717) is 34.1 Å². The van der Waals surface area contributed by atoms with Crippen LogP contribution in [0.5, 0.6) is 0 Å². The summed E-state index contributed by atoms with van der Waals surface area (Å²) in [6.07, 6.45) is 1.85. The highest BCUT2D eigenvalue weighted by Gasteiger charge is 2.52. The quantitative estimate of drug-likeness (QED) is 0.275. The van der Waals surface area contributed by atoms with E-state index < -0.39 is 28.1 Å². The zero-order valence-corrected chi connectivity index (χ0v) is 22.8. The fraction of sp³-hybridized carbons (Fsp3) is 0.172. The van der Waals surface area contributed by atoms with Crippen LogP contribution < -0.4 is 9.80 Å². The van der Waals surface area contributed by atoms with Gasteiger partial charge in [0.15, 0.2) is 5.11 Å². The molecule has 5 rings (SSSR count). The van der Waals surface area contributed by atoms with Gasteiger partial charge in [-0.25, -0.2) is 9.18 Å². The largest absolute Gasteiger partial charge is 0.465 e. The average Bonchev–Trinajstić information content (AvgIpc) is 3.53. The lowest BCUT2D eigenvalue weighted by molar-refractivity contribution is -0.120. The molecule has 0 spiro atoms. The van der Waals surface area contributed by atoms with Crippen molar-refractivity contribution in [1.29, 1.82) is 5.26 Å². The molecule has 198 valence electrons. The molecule has 1 unspecified atom stereocenters. The van der Waals surface area contributed by atoms with E-state index in [1.165, 1.54) is 18.1 Å². The Kier molecular flexibility index (Phi) is 7.03. The van der Waals surface area contributed by atoms with Crippen LogP contribution >= 0.6 is 22.4 Å². The number of rotatable bonds is 4. The highest BCUT2D eigenvalue weighted by Crippen LogP contribution is 2.43. The van der Waals surface area contributed by atoms with Crippen molar-refractivity contribution < 1.29 is 22.9 Å². The molecule has 1 fully saturated rings. The van der Waals surface area contributed by atoms with E-state index in [1.807, 2.05) is 17.6 Å². The maximum absolute atomic E-state index is 15.9. The lowest BCUT2D eigenvalue weighted by Gasteiger charge is -2.31. The van der Waals surface area contributed by atoms with E-state index in [9.17, 15) is 14.9 Å². The molecule has 0 bridgehead atoms. The van der Waals surface area contributed by atoms with Crippen molar-refractivity contribution in [3.63, 3.8) is 0 Å². The van der Waals surface area contributed by atoms with Gasteiger partial charge in [0.25, 0.3) is 5.91 Å². The minimum atomic E-state index is -1.17. The number of benzene rings is 3. The number of anilines is 2. The molecule has 1 atom stereocenters. The summed E-state index contributed by atoms with van der Waals surface area (Å²) in [6.45, 7) is 3.81. The number of ether oxygens (including phenoxy) is 1. The van der Waals surface area contributed by atoms with Crippen LogP contribution in [0.1, 0.15) is 29.8 Å². The highest BCUT2D eigenvalue weighted by atomic mass is 35.5. The minimum Gasteiger partial charge on any atom is -0.465 e. The zero-order chi connectivity index (χ0) is 27.9. The molecule has 0 aliphatic carbocycles. The van der Waals surface area contributed by atoms with Crippen LogP contribution in [0.15, 0.2) is 72.1 Å². The molecular weight excluding hydrogens is 541 g/mol. The van der Waals surface area contributed by atoms with Crippen molar-refractivity contribution in [1.82, 2.24) is 0 Å². The topological polar surface area (TPSA) is 82.9 Å². The highest BCUT2D eigenvalue weighted by molar-refractivity contribution is 8.15. The molecule has 3 aromatic rings. The number of carbonyl (C=O) groups is 2. The molecule has 0 N–H and O–H groups in total. The molecule has 3 aromatic carbocycles. The summed E-state index contributed by atoms with van der Waals surface area (Å²) < 4.78 is 26.6. The van der Waals surface area contributed by atoms with E-state index in [2.05, 4.69) is 0 Å². The predicted octanol–water partition coefficient (Wildman–Crippen LogP) is 6.25. The van der Waals surface area contributed by atoms with Crippen LogP contribution in [0.2, 0.25) is 5.02 Å². The molecule has 39 heavy (non-hydrogen) atoms. The average molecular weight is 564 g/mol.